The lowest BCUT2D eigenvalue weighted by molar-refractivity contribution is -0.137. The molecule has 1 aromatic rings. The number of aryl methyl sites for hydroxylation is 1. The van der Waals surface area contributed by atoms with E-state index in [1.165, 1.54) is 0 Å². The van der Waals surface area contributed by atoms with Gasteiger partial charge in [-0.3, -0.25) is 9.78 Å². The zero-order valence-electron chi connectivity index (χ0n) is 8.10. The molecule has 0 aliphatic heterocycles. The molecule has 0 aromatic carbocycles. The second-order valence-corrected chi connectivity index (χ2v) is 3.27. The van der Waals surface area contributed by atoms with Crippen LogP contribution in [-0.4, -0.2) is 16.1 Å². The van der Waals surface area contributed by atoms with Gasteiger partial charge >= 0.3 is 5.97 Å². The number of aromatic nitrogens is 1. The average molecular weight is 194 g/mol. The lowest BCUT2D eigenvalue weighted by Gasteiger charge is -2.12. The van der Waals surface area contributed by atoms with E-state index >= 15 is 0 Å². The first-order valence-corrected chi connectivity index (χ1v) is 4.49. The number of rotatable bonds is 4. The van der Waals surface area contributed by atoms with Gasteiger partial charge in [-0.2, -0.15) is 0 Å². The monoisotopic (exact) mass is 194 g/mol. The van der Waals surface area contributed by atoms with Crippen LogP contribution in [0.1, 0.15) is 30.0 Å². The third-order valence-corrected chi connectivity index (χ3v) is 2.13. The maximum absolute atomic E-state index is 10.4. The molecule has 1 aromatic heterocycles. The van der Waals surface area contributed by atoms with Crippen LogP contribution >= 0.6 is 0 Å². The Labute approximate surface area is 82.8 Å². The number of pyridine rings is 1. The fourth-order valence-corrected chi connectivity index (χ4v) is 1.33. The van der Waals surface area contributed by atoms with Crippen LogP contribution in [0.5, 0.6) is 0 Å². The molecule has 0 unspecified atom stereocenters. The number of aliphatic carboxylic acids is 1. The fourth-order valence-electron chi connectivity index (χ4n) is 1.33. The third kappa shape index (κ3) is 2.81. The van der Waals surface area contributed by atoms with E-state index in [1.54, 1.807) is 12.4 Å². The van der Waals surface area contributed by atoms with Crippen molar-refractivity contribution in [1.29, 1.82) is 0 Å². The highest BCUT2D eigenvalue weighted by atomic mass is 16.4. The molecule has 1 atom stereocenters. The second-order valence-electron chi connectivity index (χ2n) is 3.27. The summed E-state index contributed by atoms with van der Waals surface area (Å²) in [5.74, 6) is -0.813. The molecule has 3 N–H and O–H groups in total. The van der Waals surface area contributed by atoms with E-state index in [1.807, 2.05) is 13.0 Å². The molecule has 0 amide bonds. The number of carboxylic acid groups (broad SMARTS) is 1. The van der Waals surface area contributed by atoms with E-state index < -0.39 is 5.97 Å². The van der Waals surface area contributed by atoms with Crippen molar-refractivity contribution in [1.82, 2.24) is 4.98 Å². The van der Waals surface area contributed by atoms with Crippen molar-refractivity contribution in [2.24, 2.45) is 5.73 Å². The molecule has 0 saturated heterocycles. The molecule has 0 aliphatic rings. The smallest absolute Gasteiger partial charge is 0.303 e. The summed E-state index contributed by atoms with van der Waals surface area (Å²) in [5.41, 5.74) is 7.83. The number of nitrogens with zero attached hydrogens (tertiary/aromatic N) is 1. The molecule has 1 heterocycles. The van der Waals surface area contributed by atoms with Crippen LogP contribution in [0, 0.1) is 6.92 Å². The molecule has 0 bridgehead atoms. The Morgan fingerprint density at radius 2 is 2.43 bits per heavy atom. The van der Waals surface area contributed by atoms with Gasteiger partial charge in [0.05, 0.1) is 0 Å². The summed E-state index contributed by atoms with van der Waals surface area (Å²) in [5, 5.41) is 8.51. The van der Waals surface area contributed by atoms with Gasteiger partial charge < -0.3 is 10.8 Å². The first-order valence-electron chi connectivity index (χ1n) is 4.49. The minimum absolute atomic E-state index is 0.100. The first kappa shape index (κ1) is 10.7. The lowest BCUT2D eigenvalue weighted by Crippen LogP contribution is -2.13. The van der Waals surface area contributed by atoms with E-state index in [0.717, 1.165) is 11.1 Å². The van der Waals surface area contributed by atoms with E-state index in [2.05, 4.69) is 4.98 Å². The van der Waals surface area contributed by atoms with Crippen LogP contribution in [0.2, 0.25) is 0 Å². The number of hydrogen-bond acceptors (Lipinski definition) is 3. The van der Waals surface area contributed by atoms with Gasteiger partial charge in [0.1, 0.15) is 0 Å². The SMILES string of the molecule is Cc1cnccc1[C@H](N)CCC(=O)O. The number of carbonyl (C=O) groups is 1. The van der Waals surface area contributed by atoms with Crippen molar-refractivity contribution in [2.75, 3.05) is 0 Å². The normalized spacial score (nSPS) is 12.4. The molecule has 0 fully saturated rings. The molecular formula is C10H14N2O2. The summed E-state index contributed by atoms with van der Waals surface area (Å²) in [4.78, 5) is 14.3. The predicted molar refractivity (Wildman–Crippen MR) is 52.8 cm³/mol. The Hall–Kier alpha value is -1.42. The zero-order valence-corrected chi connectivity index (χ0v) is 8.10. The molecule has 0 saturated carbocycles. The highest BCUT2D eigenvalue weighted by molar-refractivity contribution is 5.66. The van der Waals surface area contributed by atoms with Crippen molar-refractivity contribution < 1.29 is 9.90 Å². The quantitative estimate of drug-likeness (QED) is 0.756. The van der Waals surface area contributed by atoms with Crippen LogP contribution in [0.4, 0.5) is 0 Å². The molecule has 0 radical (unpaired) electrons. The van der Waals surface area contributed by atoms with Crippen LogP contribution in [0.15, 0.2) is 18.5 Å². The van der Waals surface area contributed by atoms with Gasteiger partial charge in [0, 0.05) is 24.9 Å². The van der Waals surface area contributed by atoms with E-state index in [-0.39, 0.29) is 12.5 Å². The predicted octanol–water partition coefficient (Wildman–Crippen LogP) is 1.25. The maximum atomic E-state index is 10.4. The average Bonchev–Trinajstić information content (AvgIpc) is 2.15. The fraction of sp³-hybridized carbons (Fsp3) is 0.400. The van der Waals surface area contributed by atoms with Crippen molar-refractivity contribution in [3.63, 3.8) is 0 Å². The highest BCUT2D eigenvalue weighted by Crippen LogP contribution is 2.18. The zero-order chi connectivity index (χ0) is 10.6. The minimum Gasteiger partial charge on any atom is -0.481 e. The first-order chi connectivity index (χ1) is 6.61. The maximum Gasteiger partial charge on any atom is 0.303 e. The molecule has 0 spiro atoms. The van der Waals surface area contributed by atoms with Gasteiger partial charge in [-0.1, -0.05) is 0 Å². The van der Waals surface area contributed by atoms with Gasteiger partial charge in [0.25, 0.3) is 0 Å². The van der Waals surface area contributed by atoms with Crippen molar-refractivity contribution in [3.05, 3.63) is 29.6 Å². The van der Waals surface area contributed by atoms with E-state index in [0.29, 0.717) is 6.42 Å². The number of hydrogen-bond donors (Lipinski definition) is 2. The Morgan fingerprint density at radius 3 is 3.00 bits per heavy atom. The van der Waals surface area contributed by atoms with E-state index in [4.69, 9.17) is 10.8 Å². The van der Waals surface area contributed by atoms with Gasteiger partial charge in [0.15, 0.2) is 0 Å². The molecule has 0 aliphatic carbocycles. The molecule has 14 heavy (non-hydrogen) atoms. The Balaban J connectivity index is 2.65. The van der Waals surface area contributed by atoms with Gasteiger partial charge in [0.2, 0.25) is 0 Å². The molecule has 1 rings (SSSR count). The van der Waals surface area contributed by atoms with Crippen LogP contribution in [0.25, 0.3) is 0 Å². The Morgan fingerprint density at radius 1 is 1.71 bits per heavy atom. The van der Waals surface area contributed by atoms with Gasteiger partial charge in [-0.25, -0.2) is 0 Å². The summed E-state index contributed by atoms with van der Waals surface area (Å²) in [6.45, 7) is 1.92. The van der Waals surface area contributed by atoms with Crippen LogP contribution in [0.3, 0.4) is 0 Å². The largest absolute Gasteiger partial charge is 0.481 e. The van der Waals surface area contributed by atoms with Crippen LogP contribution < -0.4 is 5.73 Å². The summed E-state index contributed by atoms with van der Waals surface area (Å²) >= 11 is 0. The number of carboxylic acids is 1. The summed E-state index contributed by atoms with van der Waals surface area (Å²) < 4.78 is 0. The molecule has 4 heteroatoms. The lowest BCUT2D eigenvalue weighted by atomic mass is 10.0. The van der Waals surface area contributed by atoms with Crippen molar-refractivity contribution in [3.8, 4) is 0 Å². The number of nitrogens with two attached hydrogens (primary N) is 1. The summed E-state index contributed by atoms with van der Waals surface area (Å²) in [6.07, 6.45) is 3.96. The summed E-state index contributed by atoms with van der Waals surface area (Å²) in [6, 6.07) is 1.62. The minimum atomic E-state index is -0.813. The Kier molecular flexibility index (Phi) is 3.59. The molecule has 4 nitrogen and oxygen atoms in total. The van der Waals surface area contributed by atoms with Crippen LogP contribution in [-0.2, 0) is 4.79 Å². The molecule has 76 valence electrons. The standard InChI is InChI=1S/C10H14N2O2/c1-7-6-12-5-4-8(7)9(11)2-3-10(13)14/h4-6,9H,2-3,11H2,1H3,(H,13,14)/t9-/m1/s1. The molecular weight excluding hydrogens is 180 g/mol. The van der Waals surface area contributed by atoms with Crippen molar-refractivity contribution >= 4 is 5.97 Å². The topological polar surface area (TPSA) is 76.2 Å². The Bertz CT molecular complexity index is 326. The van der Waals surface area contributed by atoms with Gasteiger partial charge in [-0.05, 0) is 30.5 Å². The third-order valence-electron chi connectivity index (χ3n) is 2.13. The highest BCUT2D eigenvalue weighted by Gasteiger charge is 2.10. The second kappa shape index (κ2) is 4.72. The van der Waals surface area contributed by atoms with Gasteiger partial charge in [-0.15, -0.1) is 0 Å². The van der Waals surface area contributed by atoms with Crippen molar-refractivity contribution in [2.45, 2.75) is 25.8 Å². The summed E-state index contributed by atoms with van der Waals surface area (Å²) in [7, 11) is 0. The van der Waals surface area contributed by atoms with E-state index in [9.17, 15) is 4.79 Å².